The van der Waals surface area contributed by atoms with Gasteiger partial charge in [0.1, 0.15) is 10.7 Å². The molecule has 158 valence electrons. The minimum Gasteiger partial charge on any atom is -0.378 e. The molecule has 0 saturated carbocycles. The minimum absolute atomic E-state index is 0.565. The maximum atomic E-state index is 5.43. The molecule has 0 amide bonds. The molecular formula is C22H22N6OS2. The first kappa shape index (κ1) is 20.0. The summed E-state index contributed by atoms with van der Waals surface area (Å²) in [5.74, 6) is 0.565. The van der Waals surface area contributed by atoms with Gasteiger partial charge < -0.3 is 15.0 Å². The molecule has 4 aromatic rings. The third kappa shape index (κ3) is 4.43. The van der Waals surface area contributed by atoms with Gasteiger partial charge in [0.25, 0.3) is 0 Å². The quantitative estimate of drug-likeness (QED) is 0.462. The fraction of sp³-hybridized carbons (Fsp3) is 0.273. The van der Waals surface area contributed by atoms with Crippen LogP contribution >= 0.6 is 22.7 Å². The lowest BCUT2D eigenvalue weighted by Crippen LogP contribution is -2.36. The van der Waals surface area contributed by atoms with Gasteiger partial charge in [0.15, 0.2) is 0 Å². The molecule has 0 bridgehead atoms. The highest BCUT2D eigenvalue weighted by Gasteiger charge is 2.15. The third-order valence-electron chi connectivity index (χ3n) is 5.02. The van der Waals surface area contributed by atoms with Crippen molar-refractivity contribution in [2.75, 3.05) is 36.5 Å². The highest BCUT2D eigenvalue weighted by Crippen LogP contribution is 2.35. The lowest BCUT2D eigenvalue weighted by Gasteiger charge is -2.28. The molecule has 1 N–H and O–H groups in total. The van der Waals surface area contributed by atoms with Gasteiger partial charge in [-0.1, -0.05) is 0 Å². The second-order valence-electron chi connectivity index (χ2n) is 7.22. The summed E-state index contributed by atoms with van der Waals surface area (Å²) in [5.41, 5.74) is 4.89. The van der Waals surface area contributed by atoms with E-state index in [0.717, 1.165) is 64.0 Å². The van der Waals surface area contributed by atoms with Crippen LogP contribution in [0.4, 0.5) is 17.3 Å². The number of morpholine rings is 1. The summed E-state index contributed by atoms with van der Waals surface area (Å²) in [5, 5.41) is 7.32. The Bertz CT molecular complexity index is 1180. The van der Waals surface area contributed by atoms with Crippen molar-refractivity contribution >= 4 is 40.0 Å². The van der Waals surface area contributed by atoms with Crippen LogP contribution in [0.5, 0.6) is 0 Å². The van der Waals surface area contributed by atoms with Crippen molar-refractivity contribution in [1.29, 1.82) is 0 Å². The van der Waals surface area contributed by atoms with Crippen LogP contribution in [-0.4, -0.2) is 46.2 Å². The molecule has 5 rings (SSSR count). The molecule has 0 aliphatic carbocycles. The number of ether oxygens (including phenoxy) is 1. The normalized spacial score (nSPS) is 14.1. The summed E-state index contributed by atoms with van der Waals surface area (Å²) in [7, 11) is 0. The average Bonchev–Trinajstić information content (AvgIpc) is 3.41. The second kappa shape index (κ2) is 8.70. The van der Waals surface area contributed by atoms with E-state index in [4.69, 9.17) is 14.7 Å². The van der Waals surface area contributed by atoms with E-state index in [-0.39, 0.29) is 0 Å². The fourth-order valence-corrected chi connectivity index (χ4v) is 5.13. The fourth-order valence-electron chi connectivity index (χ4n) is 3.46. The number of rotatable bonds is 5. The minimum atomic E-state index is 0.565. The molecule has 1 aliphatic rings. The number of anilines is 3. The van der Waals surface area contributed by atoms with Crippen molar-refractivity contribution < 1.29 is 4.74 Å². The maximum Gasteiger partial charge on any atom is 0.227 e. The SMILES string of the molecule is Cc1nc(-c2nc(C)c(-c3ccnc(Nc4ccc(N5CCOCC5)cc4)n3)s2)cs1. The number of hydrogen-bond acceptors (Lipinski definition) is 9. The van der Waals surface area contributed by atoms with Gasteiger partial charge in [-0.15, -0.1) is 22.7 Å². The second-order valence-corrected chi connectivity index (χ2v) is 9.28. The molecule has 3 aromatic heterocycles. The predicted octanol–water partition coefficient (Wildman–Crippen LogP) is 4.92. The van der Waals surface area contributed by atoms with Crippen molar-refractivity contribution in [2.24, 2.45) is 0 Å². The van der Waals surface area contributed by atoms with Gasteiger partial charge in [-0.3, -0.25) is 0 Å². The average molecular weight is 451 g/mol. The first-order valence-electron chi connectivity index (χ1n) is 10.1. The standard InChI is InChI=1S/C22H22N6OS2/c1-14-20(31-21(24-14)19-13-30-15(2)25-19)18-7-8-23-22(27-18)26-16-3-5-17(6-4-16)28-9-11-29-12-10-28/h3-8,13H,9-12H2,1-2H3,(H,23,26,27). The van der Waals surface area contributed by atoms with Crippen LogP contribution in [0.15, 0.2) is 41.9 Å². The molecule has 0 atom stereocenters. The molecule has 0 radical (unpaired) electrons. The number of hydrogen-bond donors (Lipinski definition) is 1. The van der Waals surface area contributed by atoms with E-state index < -0.39 is 0 Å². The van der Waals surface area contributed by atoms with Crippen LogP contribution in [0.1, 0.15) is 10.7 Å². The smallest absolute Gasteiger partial charge is 0.227 e. The Balaban J connectivity index is 1.34. The number of thiazole rings is 2. The molecule has 4 heterocycles. The Morgan fingerprint density at radius 3 is 2.52 bits per heavy atom. The Labute approximate surface area is 188 Å². The van der Waals surface area contributed by atoms with Gasteiger partial charge in [0, 0.05) is 36.0 Å². The van der Waals surface area contributed by atoms with Gasteiger partial charge >= 0.3 is 0 Å². The number of aryl methyl sites for hydroxylation is 2. The molecule has 1 saturated heterocycles. The van der Waals surface area contributed by atoms with Crippen LogP contribution in [0.25, 0.3) is 21.3 Å². The summed E-state index contributed by atoms with van der Waals surface area (Å²) >= 11 is 3.25. The highest BCUT2D eigenvalue weighted by atomic mass is 32.1. The molecule has 1 aromatic carbocycles. The first-order chi connectivity index (χ1) is 15.2. The molecule has 1 aliphatic heterocycles. The Kier molecular flexibility index (Phi) is 5.63. The van der Waals surface area contributed by atoms with E-state index in [9.17, 15) is 0 Å². The van der Waals surface area contributed by atoms with Crippen molar-refractivity contribution in [2.45, 2.75) is 13.8 Å². The number of nitrogens with one attached hydrogen (secondary N) is 1. The molecule has 0 unspecified atom stereocenters. The van der Waals surface area contributed by atoms with Crippen LogP contribution < -0.4 is 10.2 Å². The van der Waals surface area contributed by atoms with Gasteiger partial charge in [0.2, 0.25) is 5.95 Å². The lowest BCUT2D eigenvalue weighted by molar-refractivity contribution is 0.122. The summed E-state index contributed by atoms with van der Waals surface area (Å²) in [6.07, 6.45) is 1.78. The van der Waals surface area contributed by atoms with E-state index in [1.54, 1.807) is 28.9 Å². The third-order valence-corrected chi connectivity index (χ3v) is 7.00. The van der Waals surface area contributed by atoms with Crippen LogP contribution in [-0.2, 0) is 4.74 Å². The van der Waals surface area contributed by atoms with E-state index in [0.29, 0.717) is 5.95 Å². The summed E-state index contributed by atoms with van der Waals surface area (Å²) in [6.45, 7) is 7.42. The Morgan fingerprint density at radius 1 is 0.968 bits per heavy atom. The Hall–Kier alpha value is -2.88. The van der Waals surface area contributed by atoms with Gasteiger partial charge in [-0.25, -0.2) is 19.9 Å². The first-order valence-corrected chi connectivity index (χ1v) is 11.8. The Morgan fingerprint density at radius 2 is 1.77 bits per heavy atom. The van der Waals surface area contributed by atoms with E-state index in [1.807, 2.05) is 25.3 Å². The van der Waals surface area contributed by atoms with Gasteiger partial charge in [0.05, 0.1) is 34.5 Å². The molecule has 31 heavy (non-hydrogen) atoms. The van der Waals surface area contributed by atoms with E-state index in [1.165, 1.54) is 5.69 Å². The summed E-state index contributed by atoms with van der Waals surface area (Å²) in [6, 6.07) is 10.3. The van der Waals surface area contributed by atoms with E-state index >= 15 is 0 Å². The van der Waals surface area contributed by atoms with Gasteiger partial charge in [-0.05, 0) is 44.2 Å². The predicted molar refractivity (Wildman–Crippen MR) is 126 cm³/mol. The maximum absolute atomic E-state index is 5.43. The molecule has 7 nitrogen and oxygen atoms in total. The summed E-state index contributed by atoms with van der Waals surface area (Å²) in [4.78, 5) is 21.8. The molecule has 0 spiro atoms. The van der Waals surface area contributed by atoms with E-state index in [2.05, 4.69) is 44.5 Å². The van der Waals surface area contributed by atoms with Crippen molar-refractivity contribution in [3.63, 3.8) is 0 Å². The van der Waals surface area contributed by atoms with Crippen molar-refractivity contribution in [3.05, 3.63) is 52.6 Å². The zero-order valence-electron chi connectivity index (χ0n) is 17.3. The number of aromatic nitrogens is 4. The van der Waals surface area contributed by atoms with Gasteiger partial charge in [-0.2, -0.15) is 0 Å². The zero-order valence-corrected chi connectivity index (χ0v) is 19.0. The number of benzene rings is 1. The number of nitrogens with zero attached hydrogens (tertiary/aromatic N) is 5. The van der Waals surface area contributed by atoms with Crippen molar-refractivity contribution in [1.82, 2.24) is 19.9 Å². The highest BCUT2D eigenvalue weighted by molar-refractivity contribution is 7.18. The van der Waals surface area contributed by atoms with Crippen LogP contribution in [0, 0.1) is 13.8 Å². The zero-order chi connectivity index (χ0) is 21.2. The van der Waals surface area contributed by atoms with Crippen LogP contribution in [0.3, 0.4) is 0 Å². The lowest BCUT2D eigenvalue weighted by atomic mass is 10.2. The molecule has 1 fully saturated rings. The largest absolute Gasteiger partial charge is 0.378 e. The molecular weight excluding hydrogens is 428 g/mol. The monoisotopic (exact) mass is 450 g/mol. The van der Waals surface area contributed by atoms with Crippen LogP contribution in [0.2, 0.25) is 0 Å². The molecule has 9 heteroatoms. The topological polar surface area (TPSA) is 76.1 Å². The van der Waals surface area contributed by atoms with Crippen molar-refractivity contribution in [3.8, 4) is 21.3 Å². The summed E-state index contributed by atoms with van der Waals surface area (Å²) < 4.78 is 5.43.